The molecule has 6 heteroatoms. The molecule has 1 amide bonds. The second-order valence-corrected chi connectivity index (χ2v) is 6.99. The summed E-state index contributed by atoms with van der Waals surface area (Å²) in [6.07, 6.45) is 3.09. The van der Waals surface area contributed by atoms with Gasteiger partial charge in [0.2, 0.25) is 11.7 Å². The maximum absolute atomic E-state index is 12.2. The van der Waals surface area contributed by atoms with Gasteiger partial charge in [0.1, 0.15) is 4.88 Å². The number of benzene rings is 1. The van der Waals surface area contributed by atoms with Crippen molar-refractivity contribution in [3.63, 3.8) is 0 Å². The highest BCUT2D eigenvalue weighted by Gasteiger charge is 2.26. The molecule has 0 radical (unpaired) electrons. The summed E-state index contributed by atoms with van der Waals surface area (Å²) in [6, 6.07) is 9.85. The first kappa shape index (κ1) is 15.1. The van der Waals surface area contributed by atoms with Gasteiger partial charge in [0.25, 0.3) is 5.89 Å². The van der Waals surface area contributed by atoms with E-state index >= 15 is 0 Å². The summed E-state index contributed by atoms with van der Waals surface area (Å²) in [4.78, 5) is 17.5. The standard InChI is InChI=1S/C18H17N3O2S/c1-11-4-2-7-13(10-11)16-20-18(23-21-16)15-14(8-9-24-15)19-17(22)12-5-3-6-12/h2,4,7-10,12H,3,5-6H2,1H3,(H,19,22). The molecule has 1 saturated carbocycles. The van der Waals surface area contributed by atoms with Crippen molar-refractivity contribution < 1.29 is 9.32 Å². The van der Waals surface area contributed by atoms with Gasteiger partial charge in [-0.1, -0.05) is 35.3 Å². The fourth-order valence-electron chi connectivity index (χ4n) is 2.70. The highest BCUT2D eigenvalue weighted by Crippen LogP contribution is 2.35. The zero-order chi connectivity index (χ0) is 16.5. The van der Waals surface area contributed by atoms with Gasteiger partial charge in [0.15, 0.2) is 0 Å². The van der Waals surface area contributed by atoms with Gasteiger partial charge >= 0.3 is 0 Å². The lowest BCUT2D eigenvalue weighted by molar-refractivity contribution is -0.122. The van der Waals surface area contributed by atoms with Crippen LogP contribution in [-0.2, 0) is 4.79 Å². The number of hydrogen-bond donors (Lipinski definition) is 1. The summed E-state index contributed by atoms with van der Waals surface area (Å²) in [5.74, 6) is 1.21. The molecule has 0 saturated heterocycles. The molecule has 0 atom stereocenters. The molecular formula is C18H17N3O2S. The molecule has 5 nitrogen and oxygen atoms in total. The van der Waals surface area contributed by atoms with E-state index in [2.05, 4.69) is 15.5 Å². The third-order valence-corrected chi connectivity index (χ3v) is 5.20. The van der Waals surface area contributed by atoms with E-state index in [-0.39, 0.29) is 11.8 Å². The van der Waals surface area contributed by atoms with Crippen molar-refractivity contribution in [3.8, 4) is 22.2 Å². The van der Waals surface area contributed by atoms with E-state index in [1.54, 1.807) is 0 Å². The number of amides is 1. The number of aryl methyl sites for hydroxylation is 1. The van der Waals surface area contributed by atoms with Gasteiger partial charge < -0.3 is 9.84 Å². The van der Waals surface area contributed by atoms with Crippen LogP contribution in [0.5, 0.6) is 0 Å². The van der Waals surface area contributed by atoms with E-state index in [1.165, 1.54) is 11.3 Å². The molecule has 0 aliphatic heterocycles. The molecule has 2 aromatic heterocycles. The number of carbonyl (C=O) groups is 1. The number of anilines is 1. The van der Waals surface area contributed by atoms with E-state index in [1.807, 2.05) is 42.6 Å². The Labute approximate surface area is 143 Å². The van der Waals surface area contributed by atoms with Crippen LogP contribution >= 0.6 is 11.3 Å². The molecule has 4 rings (SSSR count). The smallest absolute Gasteiger partial charge is 0.270 e. The molecule has 3 aromatic rings. The Morgan fingerprint density at radius 3 is 2.96 bits per heavy atom. The second kappa shape index (κ2) is 6.20. The number of aromatic nitrogens is 2. The average Bonchev–Trinajstić information content (AvgIpc) is 3.13. The Hall–Kier alpha value is -2.47. The van der Waals surface area contributed by atoms with Crippen molar-refractivity contribution in [2.24, 2.45) is 5.92 Å². The summed E-state index contributed by atoms with van der Waals surface area (Å²) in [5, 5.41) is 8.99. The Morgan fingerprint density at radius 1 is 1.33 bits per heavy atom. The van der Waals surface area contributed by atoms with Crippen molar-refractivity contribution in [2.75, 3.05) is 5.32 Å². The Morgan fingerprint density at radius 2 is 2.21 bits per heavy atom. The lowest BCUT2D eigenvalue weighted by Crippen LogP contribution is -2.28. The molecule has 1 fully saturated rings. The van der Waals surface area contributed by atoms with Crippen LogP contribution in [0.25, 0.3) is 22.2 Å². The summed E-state index contributed by atoms with van der Waals surface area (Å²) >= 11 is 1.48. The normalized spacial score (nSPS) is 14.4. The van der Waals surface area contributed by atoms with Crippen molar-refractivity contribution >= 4 is 22.9 Å². The van der Waals surface area contributed by atoms with Gasteiger partial charge in [0.05, 0.1) is 5.69 Å². The minimum atomic E-state index is 0.0827. The van der Waals surface area contributed by atoms with Crippen LogP contribution < -0.4 is 5.32 Å². The summed E-state index contributed by atoms with van der Waals surface area (Å²) in [7, 11) is 0. The molecule has 1 aliphatic carbocycles. The van der Waals surface area contributed by atoms with E-state index < -0.39 is 0 Å². The fraction of sp³-hybridized carbons (Fsp3) is 0.278. The Kier molecular flexibility index (Phi) is 3.90. The monoisotopic (exact) mass is 339 g/mol. The topological polar surface area (TPSA) is 68.0 Å². The molecule has 1 N–H and O–H groups in total. The van der Waals surface area contributed by atoms with Crippen LogP contribution in [0.4, 0.5) is 5.69 Å². The number of rotatable bonds is 4. The Balaban J connectivity index is 1.59. The van der Waals surface area contributed by atoms with Crippen molar-refractivity contribution in [2.45, 2.75) is 26.2 Å². The molecule has 0 spiro atoms. The molecule has 24 heavy (non-hydrogen) atoms. The first-order chi connectivity index (χ1) is 11.7. The maximum Gasteiger partial charge on any atom is 0.270 e. The third kappa shape index (κ3) is 2.85. The number of hydrogen-bond acceptors (Lipinski definition) is 5. The number of nitrogens with zero attached hydrogens (tertiary/aromatic N) is 2. The molecule has 1 aliphatic rings. The predicted molar refractivity (Wildman–Crippen MR) is 93.8 cm³/mol. The Bertz CT molecular complexity index is 880. The summed E-state index contributed by atoms with van der Waals surface area (Å²) < 4.78 is 5.42. The first-order valence-electron chi connectivity index (χ1n) is 8.00. The van der Waals surface area contributed by atoms with Gasteiger partial charge in [-0.05, 0) is 37.3 Å². The third-order valence-electron chi connectivity index (χ3n) is 4.30. The van der Waals surface area contributed by atoms with Gasteiger partial charge in [-0.3, -0.25) is 4.79 Å². The molecule has 0 unspecified atom stereocenters. The quantitative estimate of drug-likeness (QED) is 0.759. The van der Waals surface area contributed by atoms with E-state index in [9.17, 15) is 4.79 Å². The minimum Gasteiger partial charge on any atom is -0.333 e. The second-order valence-electron chi connectivity index (χ2n) is 6.07. The highest BCUT2D eigenvalue weighted by atomic mass is 32.1. The SMILES string of the molecule is Cc1cccc(-c2noc(-c3sccc3NC(=O)C3CCC3)n2)c1. The van der Waals surface area contributed by atoms with Gasteiger partial charge in [-0.15, -0.1) is 11.3 Å². The van der Waals surface area contributed by atoms with Crippen molar-refractivity contribution in [3.05, 3.63) is 41.3 Å². The maximum atomic E-state index is 12.2. The van der Waals surface area contributed by atoms with E-state index in [0.717, 1.165) is 41.0 Å². The van der Waals surface area contributed by atoms with Crippen molar-refractivity contribution in [1.29, 1.82) is 0 Å². The molecular weight excluding hydrogens is 322 g/mol. The zero-order valence-corrected chi connectivity index (χ0v) is 14.1. The summed E-state index contributed by atoms with van der Waals surface area (Å²) in [5.41, 5.74) is 2.81. The van der Waals surface area contributed by atoms with Crippen LogP contribution in [0.1, 0.15) is 24.8 Å². The average molecular weight is 339 g/mol. The van der Waals surface area contributed by atoms with Crippen LogP contribution in [0, 0.1) is 12.8 Å². The molecule has 0 bridgehead atoms. The molecule has 122 valence electrons. The fourth-order valence-corrected chi connectivity index (χ4v) is 3.47. The number of carbonyl (C=O) groups excluding carboxylic acids is 1. The van der Waals surface area contributed by atoms with Crippen molar-refractivity contribution in [1.82, 2.24) is 10.1 Å². The van der Waals surface area contributed by atoms with Gasteiger partial charge in [-0.2, -0.15) is 4.98 Å². The van der Waals surface area contributed by atoms with Gasteiger partial charge in [-0.25, -0.2) is 0 Å². The van der Waals surface area contributed by atoms with Crippen LogP contribution in [0.2, 0.25) is 0 Å². The summed E-state index contributed by atoms with van der Waals surface area (Å²) in [6.45, 7) is 2.03. The van der Waals surface area contributed by atoms with Crippen LogP contribution in [0.15, 0.2) is 40.2 Å². The van der Waals surface area contributed by atoms with Crippen LogP contribution in [0.3, 0.4) is 0 Å². The lowest BCUT2D eigenvalue weighted by Gasteiger charge is -2.23. The largest absolute Gasteiger partial charge is 0.333 e. The minimum absolute atomic E-state index is 0.0827. The predicted octanol–water partition coefficient (Wildman–Crippen LogP) is 4.51. The van der Waals surface area contributed by atoms with Gasteiger partial charge in [0, 0.05) is 11.5 Å². The van der Waals surface area contributed by atoms with Crippen LogP contribution in [-0.4, -0.2) is 16.0 Å². The lowest BCUT2D eigenvalue weighted by atomic mass is 9.85. The molecule has 2 heterocycles. The number of thiophene rings is 1. The zero-order valence-electron chi connectivity index (χ0n) is 13.3. The highest BCUT2D eigenvalue weighted by molar-refractivity contribution is 7.14. The van der Waals surface area contributed by atoms with E-state index in [4.69, 9.17) is 4.52 Å². The number of nitrogens with one attached hydrogen (secondary N) is 1. The first-order valence-corrected chi connectivity index (χ1v) is 8.88. The molecule has 1 aromatic carbocycles. The van der Waals surface area contributed by atoms with E-state index in [0.29, 0.717) is 11.7 Å².